The summed E-state index contributed by atoms with van der Waals surface area (Å²) in [6.45, 7) is 0. The first kappa shape index (κ1) is 13.3. The Kier molecular flexibility index (Phi) is 4.37. The number of aliphatic hydroxyl groups is 1. The van der Waals surface area contributed by atoms with Crippen LogP contribution in [0.25, 0.3) is 10.9 Å². The molecule has 0 radical (unpaired) electrons. The lowest BCUT2D eigenvalue weighted by atomic mass is 10.3. The highest BCUT2D eigenvalue weighted by Crippen LogP contribution is 2.13. The predicted octanol–water partition coefficient (Wildman–Crippen LogP) is 0.800. The molecule has 0 spiro atoms. The topological polar surface area (TPSA) is 80.3 Å². The second-order valence-corrected chi connectivity index (χ2v) is 3.56. The molecular weight excluding hydrogens is 242 g/mol. The van der Waals surface area contributed by atoms with Crippen molar-refractivity contribution < 1.29 is 9.90 Å². The van der Waals surface area contributed by atoms with E-state index in [9.17, 15) is 9.90 Å². The molecule has 0 aliphatic rings. The first-order valence-electron chi connectivity index (χ1n) is 4.96. The Labute approximate surface area is 105 Å². The van der Waals surface area contributed by atoms with Gasteiger partial charge < -0.3 is 10.8 Å². The van der Waals surface area contributed by atoms with Crippen LogP contribution in [0.3, 0.4) is 0 Å². The number of nitrogens with one attached hydrogen (secondary N) is 1. The number of hydrogen-bond donors (Lipinski definition) is 3. The van der Waals surface area contributed by atoms with E-state index in [1.165, 1.54) is 0 Å². The number of halogens is 1. The van der Waals surface area contributed by atoms with Crippen molar-refractivity contribution >= 4 is 29.2 Å². The zero-order valence-corrected chi connectivity index (χ0v) is 9.85. The van der Waals surface area contributed by atoms with Crippen LogP contribution in [-0.4, -0.2) is 21.9 Å². The van der Waals surface area contributed by atoms with Gasteiger partial charge in [0.1, 0.15) is 6.23 Å². The lowest BCUT2D eigenvalue weighted by Gasteiger charge is -2.14. The molecule has 1 heterocycles. The molecule has 1 atom stereocenters. The molecule has 1 aromatic carbocycles. The summed E-state index contributed by atoms with van der Waals surface area (Å²) in [4.78, 5) is 10.6. The molecule has 2 rings (SSSR count). The van der Waals surface area contributed by atoms with E-state index in [-0.39, 0.29) is 18.8 Å². The highest BCUT2D eigenvalue weighted by molar-refractivity contribution is 5.85. The fraction of sp³-hybridized carbons (Fsp3) is 0.182. The summed E-state index contributed by atoms with van der Waals surface area (Å²) in [6, 6.07) is 9.64. The maximum absolute atomic E-state index is 10.6. The third-order valence-corrected chi connectivity index (χ3v) is 2.28. The molecule has 4 N–H and O–H groups in total. The number of benzene rings is 1. The van der Waals surface area contributed by atoms with E-state index in [2.05, 4.69) is 5.43 Å². The van der Waals surface area contributed by atoms with Gasteiger partial charge in [-0.05, 0) is 12.1 Å². The Hall–Kier alpha value is -1.72. The summed E-state index contributed by atoms with van der Waals surface area (Å²) in [6.07, 6.45) is 0.690. The van der Waals surface area contributed by atoms with E-state index in [4.69, 9.17) is 5.73 Å². The maximum atomic E-state index is 10.6. The van der Waals surface area contributed by atoms with E-state index in [1.54, 1.807) is 10.9 Å². The third-order valence-electron chi connectivity index (χ3n) is 2.28. The summed E-state index contributed by atoms with van der Waals surface area (Å²) >= 11 is 0. The molecular formula is C11H14ClN3O2. The second kappa shape index (κ2) is 5.56. The van der Waals surface area contributed by atoms with Gasteiger partial charge in [0.25, 0.3) is 0 Å². The number of aromatic nitrogens is 1. The quantitative estimate of drug-likeness (QED) is 0.707. The minimum atomic E-state index is -0.978. The van der Waals surface area contributed by atoms with Crippen LogP contribution in [0.2, 0.25) is 0 Å². The highest BCUT2D eigenvalue weighted by Gasteiger charge is 2.08. The molecule has 1 unspecified atom stereocenters. The summed E-state index contributed by atoms with van der Waals surface area (Å²) in [5, 5.41) is 10.6. The fourth-order valence-electron chi connectivity index (χ4n) is 1.59. The van der Waals surface area contributed by atoms with Crippen molar-refractivity contribution in [3.63, 3.8) is 0 Å². The molecule has 5 nitrogen and oxygen atoms in total. The Morgan fingerprint density at radius 2 is 2.12 bits per heavy atom. The van der Waals surface area contributed by atoms with Gasteiger partial charge in [0.15, 0.2) is 0 Å². The number of nitrogens with zero attached hydrogens (tertiary/aromatic N) is 1. The molecule has 0 fully saturated rings. The standard InChI is InChI=1S/C11H13N3O2.ClH/c12-10(15)7-11(16)13-14-6-5-8-3-1-2-4-9(8)14;/h1-6,11,13,16H,7H2,(H2,12,15);1H. The van der Waals surface area contributed by atoms with Crippen LogP contribution < -0.4 is 11.2 Å². The first-order chi connectivity index (χ1) is 7.66. The van der Waals surface area contributed by atoms with Crippen molar-refractivity contribution in [2.24, 2.45) is 5.73 Å². The van der Waals surface area contributed by atoms with E-state index in [0.717, 1.165) is 10.9 Å². The lowest BCUT2D eigenvalue weighted by Crippen LogP contribution is -2.31. The molecule has 0 saturated heterocycles. The van der Waals surface area contributed by atoms with Gasteiger partial charge in [-0.3, -0.25) is 14.9 Å². The zero-order valence-electron chi connectivity index (χ0n) is 9.04. The Bertz CT molecular complexity index is 512. The van der Waals surface area contributed by atoms with E-state index in [0.29, 0.717) is 0 Å². The van der Waals surface area contributed by atoms with Gasteiger partial charge in [0, 0.05) is 11.6 Å². The number of nitrogens with two attached hydrogens (primary N) is 1. The molecule has 0 bridgehead atoms. The van der Waals surface area contributed by atoms with Crippen molar-refractivity contribution in [3.05, 3.63) is 36.5 Å². The van der Waals surface area contributed by atoms with Crippen molar-refractivity contribution in [1.29, 1.82) is 0 Å². The number of para-hydroxylation sites is 1. The Balaban J connectivity index is 0.00000144. The average molecular weight is 256 g/mol. The van der Waals surface area contributed by atoms with Gasteiger partial charge in [-0.1, -0.05) is 18.2 Å². The Morgan fingerprint density at radius 3 is 2.82 bits per heavy atom. The molecule has 2 aromatic rings. The largest absolute Gasteiger partial charge is 0.372 e. The zero-order chi connectivity index (χ0) is 11.5. The smallest absolute Gasteiger partial charge is 0.222 e. The molecule has 1 aromatic heterocycles. The number of fused-ring (bicyclic) bond motifs is 1. The summed E-state index contributed by atoms with van der Waals surface area (Å²) in [5.74, 6) is -0.545. The molecule has 0 saturated carbocycles. The van der Waals surface area contributed by atoms with E-state index >= 15 is 0 Å². The first-order valence-corrected chi connectivity index (χ1v) is 4.96. The van der Waals surface area contributed by atoms with Crippen LogP contribution in [0, 0.1) is 0 Å². The molecule has 92 valence electrons. The summed E-state index contributed by atoms with van der Waals surface area (Å²) in [5.41, 5.74) is 8.69. The molecule has 6 heteroatoms. The van der Waals surface area contributed by atoms with Crippen LogP contribution >= 0.6 is 12.4 Å². The minimum absolute atomic E-state index is 0. The van der Waals surface area contributed by atoms with Gasteiger partial charge in [-0.15, -0.1) is 12.4 Å². The van der Waals surface area contributed by atoms with Crippen LogP contribution in [0.4, 0.5) is 0 Å². The predicted molar refractivity (Wildman–Crippen MR) is 68.4 cm³/mol. The molecule has 0 aliphatic heterocycles. The van der Waals surface area contributed by atoms with E-state index < -0.39 is 12.1 Å². The van der Waals surface area contributed by atoms with Gasteiger partial charge in [0.05, 0.1) is 11.9 Å². The van der Waals surface area contributed by atoms with Crippen molar-refractivity contribution in [1.82, 2.24) is 4.68 Å². The summed E-state index contributed by atoms with van der Waals surface area (Å²) < 4.78 is 1.67. The molecule has 17 heavy (non-hydrogen) atoms. The van der Waals surface area contributed by atoms with Crippen LogP contribution in [0.1, 0.15) is 6.42 Å². The van der Waals surface area contributed by atoms with Gasteiger partial charge in [0.2, 0.25) is 5.91 Å². The second-order valence-electron chi connectivity index (χ2n) is 3.56. The SMILES string of the molecule is Cl.NC(=O)CC(O)Nn1ccc2ccccc21. The van der Waals surface area contributed by atoms with Gasteiger partial charge in [-0.2, -0.15) is 0 Å². The van der Waals surface area contributed by atoms with Crippen LogP contribution in [-0.2, 0) is 4.79 Å². The average Bonchev–Trinajstić information content (AvgIpc) is 2.61. The number of carbonyl (C=O) groups excluding carboxylic acids is 1. The van der Waals surface area contributed by atoms with Crippen molar-refractivity contribution in [2.45, 2.75) is 12.6 Å². The summed E-state index contributed by atoms with van der Waals surface area (Å²) in [7, 11) is 0. The monoisotopic (exact) mass is 255 g/mol. The van der Waals surface area contributed by atoms with Crippen LogP contribution in [0.15, 0.2) is 36.5 Å². The molecule has 0 aliphatic carbocycles. The fourth-order valence-corrected chi connectivity index (χ4v) is 1.59. The van der Waals surface area contributed by atoms with Gasteiger partial charge >= 0.3 is 0 Å². The normalized spacial score (nSPS) is 11.8. The maximum Gasteiger partial charge on any atom is 0.222 e. The Morgan fingerprint density at radius 1 is 1.41 bits per heavy atom. The molecule has 1 amide bonds. The number of carbonyl (C=O) groups is 1. The minimum Gasteiger partial charge on any atom is -0.372 e. The van der Waals surface area contributed by atoms with Crippen molar-refractivity contribution in [2.75, 3.05) is 5.43 Å². The van der Waals surface area contributed by atoms with E-state index in [1.807, 2.05) is 30.3 Å². The lowest BCUT2D eigenvalue weighted by molar-refractivity contribution is -0.119. The number of primary amides is 1. The number of rotatable bonds is 4. The highest BCUT2D eigenvalue weighted by atomic mass is 35.5. The van der Waals surface area contributed by atoms with Crippen molar-refractivity contribution in [3.8, 4) is 0 Å². The number of amides is 1. The third kappa shape index (κ3) is 3.12. The number of aliphatic hydroxyl groups excluding tert-OH is 1. The van der Waals surface area contributed by atoms with Crippen LogP contribution in [0.5, 0.6) is 0 Å². The van der Waals surface area contributed by atoms with Gasteiger partial charge in [-0.25, -0.2) is 0 Å². The number of hydrogen-bond acceptors (Lipinski definition) is 3.